The van der Waals surface area contributed by atoms with Crippen molar-refractivity contribution in [1.82, 2.24) is 9.80 Å². The maximum Gasteiger partial charge on any atom is 0.410 e. The van der Waals surface area contributed by atoms with Crippen molar-refractivity contribution in [3.05, 3.63) is 0 Å². The van der Waals surface area contributed by atoms with E-state index in [1.165, 1.54) is 4.90 Å². The second-order valence-corrected chi connectivity index (χ2v) is 5.78. The molecule has 0 aliphatic carbocycles. The highest BCUT2D eigenvalue weighted by atomic mass is 19.3. The molecule has 0 bridgehead atoms. The lowest BCUT2D eigenvalue weighted by Gasteiger charge is -2.26. The van der Waals surface area contributed by atoms with Crippen LogP contribution in [0.15, 0.2) is 0 Å². The van der Waals surface area contributed by atoms with E-state index < -0.39 is 17.6 Å². The SMILES string of the molecule is CN(CCN1CCC(F)(F)C1)C(=O)OC(C)(C)C. The van der Waals surface area contributed by atoms with Gasteiger partial charge < -0.3 is 9.64 Å². The number of rotatable bonds is 3. The molecule has 106 valence electrons. The minimum Gasteiger partial charge on any atom is -0.444 e. The Morgan fingerprint density at radius 2 is 2.06 bits per heavy atom. The number of hydrogen-bond donors (Lipinski definition) is 0. The van der Waals surface area contributed by atoms with Gasteiger partial charge in [0.2, 0.25) is 0 Å². The average Bonchev–Trinajstić information content (AvgIpc) is 2.52. The number of carbonyl (C=O) groups is 1. The summed E-state index contributed by atoms with van der Waals surface area (Å²) in [6.45, 7) is 6.39. The second kappa shape index (κ2) is 5.38. The van der Waals surface area contributed by atoms with Gasteiger partial charge in [-0.1, -0.05) is 0 Å². The molecule has 0 aromatic heterocycles. The molecule has 1 saturated heterocycles. The van der Waals surface area contributed by atoms with Gasteiger partial charge in [-0.25, -0.2) is 13.6 Å². The standard InChI is InChI=1S/C12H22F2N2O2/c1-11(2,3)18-10(17)15(4)7-8-16-6-5-12(13,14)9-16/h5-9H2,1-4H3. The van der Waals surface area contributed by atoms with Crippen LogP contribution in [0.3, 0.4) is 0 Å². The maximum absolute atomic E-state index is 13.0. The summed E-state index contributed by atoms with van der Waals surface area (Å²) in [5.74, 6) is -2.58. The van der Waals surface area contributed by atoms with Crippen molar-refractivity contribution in [3.63, 3.8) is 0 Å². The van der Waals surface area contributed by atoms with Gasteiger partial charge >= 0.3 is 6.09 Å². The van der Waals surface area contributed by atoms with Crippen LogP contribution in [0.1, 0.15) is 27.2 Å². The highest BCUT2D eigenvalue weighted by molar-refractivity contribution is 5.67. The molecule has 0 spiro atoms. The number of alkyl halides is 2. The van der Waals surface area contributed by atoms with E-state index in [-0.39, 0.29) is 13.0 Å². The van der Waals surface area contributed by atoms with Crippen molar-refractivity contribution in [2.45, 2.75) is 38.7 Å². The quantitative estimate of drug-likeness (QED) is 0.783. The van der Waals surface area contributed by atoms with Crippen LogP contribution >= 0.6 is 0 Å². The summed E-state index contributed by atoms with van der Waals surface area (Å²) in [6, 6.07) is 0. The van der Waals surface area contributed by atoms with Crippen molar-refractivity contribution >= 4 is 6.09 Å². The first kappa shape index (κ1) is 15.1. The average molecular weight is 264 g/mol. The Morgan fingerprint density at radius 3 is 2.50 bits per heavy atom. The molecule has 1 amide bonds. The zero-order valence-corrected chi connectivity index (χ0v) is 11.5. The minimum absolute atomic E-state index is 0.0941. The topological polar surface area (TPSA) is 32.8 Å². The highest BCUT2D eigenvalue weighted by Gasteiger charge is 2.37. The molecule has 0 N–H and O–H groups in total. The third-order valence-electron chi connectivity index (χ3n) is 2.71. The maximum atomic E-state index is 13.0. The van der Waals surface area contributed by atoms with Gasteiger partial charge in [0.25, 0.3) is 5.92 Å². The molecule has 0 unspecified atom stereocenters. The number of amides is 1. The van der Waals surface area contributed by atoms with Gasteiger partial charge in [-0.15, -0.1) is 0 Å². The Morgan fingerprint density at radius 1 is 1.44 bits per heavy atom. The van der Waals surface area contributed by atoms with Crippen LogP contribution in [0.4, 0.5) is 13.6 Å². The zero-order valence-electron chi connectivity index (χ0n) is 11.5. The van der Waals surface area contributed by atoms with E-state index in [1.54, 1.807) is 32.7 Å². The number of likely N-dealkylation sites (N-methyl/N-ethyl adjacent to an activating group) is 1. The first-order chi connectivity index (χ1) is 8.09. The first-order valence-electron chi connectivity index (χ1n) is 6.13. The lowest BCUT2D eigenvalue weighted by Crippen LogP contribution is -2.39. The molecule has 1 heterocycles. The van der Waals surface area contributed by atoms with E-state index in [2.05, 4.69) is 0 Å². The molecule has 0 aromatic carbocycles. The molecule has 0 atom stereocenters. The van der Waals surface area contributed by atoms with Crippen molar-refractivity contribution in [2.75, 3.05) is 33.2 Å². The number of nitrogens with zero attached hydrogens (tertiary/aromatic N) is 2. The molecule has 6 heteroatoms. The summed E-state index contributed by atoms with van der Waals surface area (Å²) in [4.78, 5) is 14.7. The zero-order chi connectivity index (χ0) is 14.0. The normalized spacial score (nSPS) is 19.9. The molecule has 0 saturated carbocycles. The van der Waals surface area contributed by atoms with Crippen molar-refractivity contribution in [3.8, 4) is 0 Å². The lowest BCUT2D eigenvalue weighted by molar-refractivity contribution is 0.0104. The Hall–Kier alpha value is -0.910. The van der Waals surface area contributed by atoms with Crippen LogP contribution in [-0.2, 0) is 4.74 Å². The predicted molar refractivity (Wildman–Crippen MR) is 64.9 cm³/mol. The molecular formula is C12H22F2N2O2. The molecule has 1 aliphatic heterocycles. The fourth-order valence-corrected chi connectivity index (χ4v) is 1.72. The van der Waals surface area contributed by atoms with Gasteiger partial charge in [0.15, 0.2) is 0 Å². The van der Waals surface area contributed by atoms with Gasteiger partial charge in [0.05, 0.1) is 6.54 Å². The summed E-state index contributed by atoms with van der Waals surface area (Å²) < 4.78 is 31.1. The molecule has 18 heavy (non-hydrogen) atoms. The number of hydrogen-bond acceptors (Lipinski definition) is 3. The van der Waals surface area contributed by atoms with Gasteiger partial charge in [0.1, 0.15) is 5.60 Å². The van der Waals surface area contributed by atoms with E-state index in [9.17, 15) is 13.6 Å². The van der Waals surface area contributed by atoms with E-state index in [4.69, 9.17) is 4.74 Å². The third-order valence-corrected chi connectivity index (χ3v) is 2.71. The van der Waals surface area contributed by atoms with Gasteiger partial charge in [0, 0.05) is 33.1 Å². The number of carbonyl (C=O) groups excluding carboxylic acids is 1. The lowest BCUT2D eigenvalue weighted by atomic mass is 10.2. The van der Waals surface area contributed by atoms with Crippen LogP contribution < -0.4 is 0 Å². The Balaban J connectivity index is 2.29. The minimum atomic E-state index is -2.58. The van der Waals surface area contributed by atoms with E-state index in [1.807, 2.05) is 0 Å². The third kappa shape index (κ3) is 5.16. The molecule has 0 aromatic rings. The molecule has 1 fully saturated rings. The summed E-state index contributed by atoms with van der Waals surface area (Å²) in [6.07, 6.45) is -0.517. The molecule has 0 radical (unpaired) electrons. The monoisotopic (exact) mass is 264 g/mol. The van der Waals surface area contributed by atoms with Crippen molar-refractivity contribution < 1.29 is 18.3 Å². The summed E-state index contributed by atoms with van der Waals surface area (Å²) in [5.41, 5.74) is -0.536. The largest absolute Gasteiger partial charge is 0.444 e. The summed E-state index contributed by atoms with van der Waals surface area (Å²) in [5, 5.41) is 0. The Labute approximate surface area is 107 Å². The van der Waals surface area contributed by atoms with Crippen LogP contribution in [0.2, 0.25) is 0 Å². The Kier molecular flexibility index (Phi) is 4.53. The van der Waals surface area contributed by atoms with Crippen LogP contribution in [-0.4, -0.2) is 60.6 Å². The molecule has 4 nitrogen and oxygen atoms in total. The molecule has 1 aliphatic rings. The molecular weight excluding hydrogens is 242 g/mol. The van der Waals surface area contributed by atoms with Crippen molar-refractivity contribution in [1.29, 1.82) is 0 Å². The van der Waals surface area contributed by atoms with Gasteiger partial charge in [-0.05, 0) is 20.8 Å². The fourth-order valence-electron chi connectivity index (χ4n) is 1.72. The van der Waals surface area contributed by atoms with Crippen LogP contribution in [0, 0.1) is 0 Å². The fraction of sp³-hybridized carbons (Fsp3) is 0.917. The van der Waals surface area contributed by atoms with Crippen LogP contribution in [0.5, 0.6) is 0 Å². The Bertz CT molecular complexity index is 303. The number of ether oxygens (including phenoxy) is 1. The summed E-state index contributed by atoms with van der Waals surface area (Å²) >= 11 is 0. The van der Waals surface area contributed by atoms with Gasteiger partial charge in [-0.2, -0.15) is 0 Å². The molecule has 1 rings (SSSR count). The summed E-state index contributed by atoms with van der Waals surface area (Å²) in [7, 11) is 1.61. The van der Waals surface area contributed by atoms with Crippen LogP contribution in [0.25, 0.3) is 0 Å². The first-order valence-corrected chi connectivity index (χ1v) is 6.13. The smallest absolute Gasteiger partial charge is 0.410 e. The number of halogens is 2. The van der Waals surface area contributed by atoms with E-state index in [0.717, 1.165) is 0 Å². The van der Waals surface area contributed by atoms with E-state index >= 15 is 0 Å². The van der Waals surface area contributed by atoms with Gasteiger partial charge in [-0.3, -0.25) is 4.90 Å². The van der Waals surface area contributed by atoms with Crippen molar-refractivity contribution in [2.24, 2.45) is 0 Å². The van der Waals surface area contributed by atoms with E-state index in [0.29, 0.717) is 19.6 Å². The predicted octanol–water partition coefficient (Wildman–Crippen LogP) is 2.19. The second-order valence-electron chi connectivity index (χ2n) is 5.78. The number of likely N-dealkylation sites (tertiary alicyclic amines) is 1. The highest BCUT2D eigenvalue weighted by Crippen LogP contribution is 2.26.